The average Bonchev–Trinajstić information content (AvgIpc) is 3.20. The minimum Gasteiger partial charge on any atom is -0.465 e. The van der Waals surface area contributed by atoms with Gasteiger partial charge in [0, 0.05) is 31.6 Å². The van der Waals surface area contributed by atoms with Gasteiger partial charge in [0.2, 0.25) is 0 Å². The van der Waals surface area contributed by atoms with Crippen LogP contribution < -0.4 is 0 Å². The molecule has 1 aromatic heterocycles. The predicted molar refractivity (Wildman–Crippen MR) is 132 cm³/mol. The number of amides is 1. The number of piperidine rings is 2. The molecule has 8 heteroatoms. The van der Waals surface area contributed by atoms with Crippen LogP contribution in [0.5, 0.6) is 0 Å². The fourth-order valence-corrected chi connectivity index (χ4v) is 4.88. The van der Waals surface area contributed by atoms with Gasteiger partial charge in [0.15, 0.2) is 0 Å². The third-order valence-electron chi connectivity index (χ3n) is 6.67. The number of rotatable bonds is 5. The van der Waals surface area contributed by atoms with Crippen LogP contribution in [-0.4, -0.2) is 75.1 Å². The van der Waals surface area contributed by atoms with Crippen molar-refractivity contribution in [3.8, 4) is 0 Å². The molecule has 0 aliphatic carbocycles. The van der Waals surface area contributed by atoms with Crippen LogP contribution in [0.1, 0.15) is 58.1 Å². The summed E-state index contributed by atoms with van der Waals surface area (Å²) in [4.78, 5) is 26.9. The molecule has 2 aromatic rings. The zero-order chi connectivity index (χ0) is 24.3. The van der Waals surface area contributed by atoms with E-state index in [1.54, 1.807) is 0 Å². The number of hydrogen-bond acceptors (Lipinski definition) is 5. The monoisotopic (exact) mass is 468 g/mol. The summed E-state index contributed by atoms with van der Waals surface area (Å²) < 4.78 is 7.59. The van der Waals surface area contributed by atoms with Crippen molar-refractivity contribution in [1.29, 1.82) is 0 Å². The Hall–Kier alpha value is -2.87. The number of ether oxygens (including phenoxy) is 1. The molecule has 8 nitrogen and oxygen atoms in total. The van der Waals surface area contributed by atoms with Gasteiger partial charge in [-0.25, -0.2) is 4.79 Å². The van der Waals surface area contributed by atoms with E-state index in [-0.39, 0.29) is 5.97 Å². The van der Waals surface area contributed by atoms with Gasteiger partial charge in [-0.05, 0) is 70.1 Å². The third-order valence-corrected chi connectivity index (χ3v) is 6.67. The predicted octanol–water partition coefficient (Wildman–Crippen LogP) is 4.42. The van der Waals surface area contributed by atoms with E-state index in [1.807, 2.05) is 27.0 Å². The van der Waals surface area contributed by atoms with Gasteiger partial charge in [0.1, 0.15) is 5.60 Å². The largest absolute Gasteiger partial charge is 0.465 e. The van der Waals surface area contributed by atoms with Gasteiger partial charge >= 0.3 is 12.1 Å². The lowest BCUT2D eigenvalue weighted by atomic mass is 9.96. The van der Waals surface area contributed by atoms with E-state index < -0.39 is 11.7 Å². The quantitative estimate of drug-likeness (QED) is 0.654. The minimum atomic E-state index is -0.821. The summed E-state index contributed by atoms with van der Waals surface area (Å²) >= 11 is 0. The van der Waals surface area contributed by atoms with Crippen LogP contribution in [0.3, 0.4) is 0 Å². The van der Waals surface area contributed by atoms with Crippen molar-refractivity contribution in [3.63, 3.8) is 0 Å². The van der Waals surface area contributed by atoms with E-state index in [0.29, 0.717) is 31.6 Å². The first-order valence-electron chi connectivity index (χ1n) is 12.3. The topological polar surface area (TPSA) is 87.9 Å². The van der Waals surface area contributed by atoms with Crippen molar-refractivity contribution >= 4 is 29.0 Å². The van der Waals surface area contributed by atoms with Gasteiger partial charge < -0.3 is 14.7 Å². The molecule has 2 saturated heterocycles. The first kappa shape index (κ1) is 24.3. The number of benzene rings is 1. The summed E-state index contributed by atoms with van der Waals surface area (Å²) in [7, 11) is 0. The molecule has 0 atom stereocenters. The Labute approximate surface area is 201 Å². The van der Waals surface area contributed by atoms with Crippen LogP contribution in [0, 0.1) is 5.92 Å². The highest BCUT2D eigenvalue weighted by molar-refractivity contribution is 5.81. The highest BCUT2D eigenvalue weighted by Crippen LogP contribution is 2.28. The summed E-state index contributed by atoms with van der Waals surface area (Å²) in [5, 5.41) is 14.9. The maximum atomic E-state index is 12.1. The molecule has 0 saturated carbocycles. The van der Waals surface area contributed by atoms with Gasteiger partial charge in [-0.1, -0.05) is 18.2 Å². The molecular formula is C26H36N4O4. The molecule has 1 N–H and O–H groups in total. The molecule has 2 aliphatic heterocycles. The van der Waals surface area contributed by atoms with Crippen LogP contribution in [-0.2, 0) is 9.53 Å². The van der Waals surface area contributed by atoms with E-state index in [4.69, 9.17) is 14.9 Å². The van der Waals surface area contributed by atoms with E-state index in [0.717, 1.165) is 55.2 Å². The lowest BCUT2D eigenvalue weighted by Gasteiger charge is -2.32. The van der Waals surface area contributed by atoms with Crippen molar-refractivity contribution in [3.05, 3.63) is 36.0 Å². The third kappa shape index (κ3) is 6.17. The number of carbonyl (C=O) groups excluding carboxylic acids is 1. The standard InChI is InChI=1S/C26H36N4O4/c1-26(2,3)34-24(31)18-28-12-10-22(11-13-28)30-23-7-6-20(16-21(23)17-27-30)5-4-19-8-14-29(15-9-19)25(32)33/h4-7,16-17,19,22H,8-15,18H2,1-3H3,(H,32,33)/b5-4+. The van der Waals surface area contributed by atoms with Crippen molar-refractivity contribution in [2.24, 2.45) is 5.92 Å². The number of aromatic nitrogens is 2. The van der Waals surface area contributed by atoms with Gasteiger partial charge in [-0.3, -0.25) is 14.4 Å². The molecule has 184 valence electrons. The molecule has 0 bridgehead atoms. The summed E-state index contributed by atoms with van der Waals surface area (Å²) in [6.45, 7) is 8.94. The minimum absolute atomic E-state index is 0.163. The number of carbonyl (C=O) groups is 2. The summed E-state index contributed by atoms with van der Waals surface area (Å²) in [5.41, 5.74) is 1.83. The lowest BCUT2D eigenvalue weighted by molar-refractivity contribution is -0.156. The smallest absolute Gasteiger partial charge is 0.407 e. The van der Waals surface area contributed by atoms with E-state index in [2.05, 4.69) is 39.9 Å². The zero-order valence-corrected chi connectivity index (χ0v) is 20.4. The molecule has 3 heterocycles. The Balaban J connectivity index is 1.32. The average molecular weight is 469 g/mol. The molecule has 4 rings (SSSR count). The highest BCUT2D eigenvalue weighted by Gasteiger charge is 2.25. The Morgan fingerprint density at radius 2 is 1.82 bits per heavy atom. The number of fused-ring (bicyclic) bond motifs is 1. The highest BCUT2D eigenvalue weighted by atomic mass is 16.6. The molecule has 0 radical (unpaired) electrons. The number of carboxylic acid groups (broad SMARTS) is 1. The Morgan fingerprint density at radius 1 is 1.12 bits per heavy atom. The number of likely N-dealkylation sites (tertiary alicyclic amines) is 2. The van der Waals surface area contributed by atoms with E-state index in [1.165, 1.54) is 4.90 Å². The van der Waals surface area contributed by atoms with Crippen LogP contribution >= 0.6 is 0 Å². The second-order valence-corrected chi connectivity index (χ2v) is 10.5. The lowest BCUT2D eigenvalue weighted by Crippen LogP contribution is -2.40. The Bertz CT molecular complexity index is 1040. The Morgan fingerprint density at radius 3 is 2.47 bits per heavy atom. The van der Waals surface area contributed by atoms with Gasteiger partial charge in [-0.15, -0.1) is 0 Å². The van der Waals surface area contributed by atoms with Crippen LogP contribution in [0.25, 0.3) is 17.0 Å². The molecule has 0 spiro atoms. The van der Waals surface area contributed by atoms with Gasteiger partial charge in [-0.2, -0.15) is 5.10 Å². The molecule has 2 fully saturated rings. The zero-order valence-electron chi connectivity index (χ0n) is 20.4. The van der Waals surface area contributed by atoms with Crippen molar-refractivity contribution in [2.75, 3.05) is 32.7 Å². The van der Waals surface area contributed by atoms with Crippen molar-refractivity contribution in [1.82, 2.24) is 19.6 Å². The number of esters is 1. The second-order valence-electron chi connectivity index (χ2n) is 10.5. The van der Waals surface area contributed by atoms with Crippen LogP contribution in [0.15, 0.2) is 30.5 Å². The SMILES string of the molecule is CC(C)(C)OC(=O)CN1CCC(n2ncc3cc(/C=C/C4CCN(C(=O)O)CC4)ccc32)CC1. The van der Waals surface area contributed by atoms with Crippen LogP contribution in [0.4, 0.5) is 4.79 Å². The summed E-state index contributed by atoms with van der Waals surface area (Å²) in [6.07, 6.45) is 9.12. The fourth-order valence-electron chi connectivity index (χ4n) is 4.88. The summed E-state index contributed by atoms with van der Waals surface area (Å²) in [5.74, 6) is 0.253. The van der Waals surface area contributed by atoms with Crippen molar-refractivity contribution < 1.29 is 19.4 Å². The number of nitrogens with zero attached hydrogens (tertiary/aromatic N) is 4. The van der Waals surface area contributed by atoms with Crippen LogP contribution in [0.2, 0.25) is 0 Å². The molecular weight excluding hydrogens is 432 g/mol. The van der Waals surface area contributed by atoms with E-state index in [9.17, 15) is 9.59 Å². The van der Waals surface area contributed by atoms with Crippen molar-refractivity contribution in [2.45, 2.75) is 58.1 Å². The molecule has 2 aliphatic rings. The molecule has 1 amide bonds. The van der Waals surface area contributed by atoms with E-state index >= 15 is 0 Å². The second kappa shape index (κ2) is 10.2. The Kier molecular flexibility index (Phi) is 7.26. The fraction of sp³-hybridized carbons (Fsp3) is 0.577. The maximum Gasteiger partial charge on any atom is 0.407 e. The molecule has 0 unspecified atom stereocenters. The summed E-state index contributed by atoms with van der Waals surface area (Å²) in [6, 6.07) is 6.76. The molecule has 34 heavy (non-hydrogen) atoms. The number of allylic oxidation sites excluding steroid dienone is 1. The first-order valence-corrected chi connectivity index (χ1v) is 12.3. The van der Waals surface area contributed by atoms with Gasteiger partial charge in [0.25, 0.3) is 0 Å². The normalized spacial score (nSPS) is 19.2. The maximum absolute atomic E-state index is 12.1. The number of hydrogen-bond donors (Lipinski definition) is 1. The molecule has 1 aromatic carbocycles. The van der Waals surface area contributed by atoms with Gasteiger partial charge in [0.05, 0.1) is 24.3 Å². The first-order chi connectivity index (χ1) is 16.2.